The van der Waals surface area contributed by atoms with Crippen LogP contribution < -0.4 is 5.73 Å². The van der Waals surface area contributed by atoms with E-state index in [1.165, 1.54) is 31.2 Å². The summed E-state index contributed by atoms with van der Waals surface area (Å²) in [6.07, 6.45) is 9.54. The fourth-order valence-electron chi connectivity index (χ4n) is 2.34. The van der Waals surface area contributed by atoms with Gasteiger partial charge in [-0.25, -0.2) is 0 Å². The summed E-state index contributed by atoms with van der Waals surface area (Å²) in [5.74, 6) is 1.49. The Balaban J connectivity index is 1.75. The molecule has 1 heterocycles. The molecule has 0 saturated heterocycles. The number of nitrogens with zero attached hydrogens (tertiary/aromatic N) is 2. The van der Waals surface area contributed by atoms with Gasteiger partial charge in [-0.2, -0.15) is 5.10 Å². The highest BCUT2D eigenvalue weighted by Crippen LogP contribution is 2.42. The van der Waals surface area contributed by atoms with E-state index in [9.17, 15) is 0 Å². The molecule has 2 aliphatic rings. The van der Waals surface area contributed by atoms with Crippen LogP contribution in [-0.4, -0.2) is 16.3 Å². The molecule has 3 heteroatoms. The van der Waals surface area contributed by atoms with Gasteiger partial charge in [-0.3, -0.25) is 4.68 Å². The number of hydrogen-bond donors (Lipinski definition) is 1. The van der Waals surface area contributed by atoms with E-state index < -0.39 is 0 Å². The lowest BCUT2D eigenvalue weighted by Gasteiger charge is -2.35. The highest BCUT2D eigenvalue weighted by atomic mass is 15.3. The Hall–Kier alpha value is -0.830. The van der Waals surface area contributed by atoms with E-state index in [0.717, 1.165) is 12.5 Å². The lowest BCUT2D eigenvalue weighted by atomic mass is 9.80. The predicted octanol–water partition coefficient (Wildman–Crippen LogP) is 1.67. The van der Waals surface area contributed by atoms with Crippen LogP contribution in [0.15, 0.2) is 12.4 Å². The number of aromatic nitrogens is 2. The smallest absolute Gasteiger partial charge is 0.0559 e. The Morgan fingerprint density at radius 2 is 2.21 bits per heavy atom. The van der Waals surface area contributed by atoms with E-state index in [1.807, 2.05) is 6.20 Å². The second-order valence-electron chi connectivity index (χ2n) is 4.67. The maximum absolute atomic E-state index is 5.70. The van der Waals surface area contributed by atoms with Gasteiger partial charge < -0.3 is 5.73 Å². The third kappa shape index (κ3) is 1.27. The zero-order chi connectivity index (χ0) is 9.54. The minimum atomic E-state index is 0.590. The summed E-state index contributed by atoms with van der Waals surface area (Å²) in [4.78, 5) is 0. The Bertz CT molecular complexity index is 325. The molecule has 2 aliphatic carbocycles. The molecule has 0 bridgehead atoms. The van der Waals surface area contributed by atoms with Crippen LogP contribution in [-0.2, 0) is 0 Å². The standard InChI is InChI=1S/C11H17N3/c12-5-9-3-4-11(9)14-7-10(6-13-14)8-1-2-8/h6-9,11H,1-5,12H2. The molecule has 0 spiro atoms. The van der Waals surface area contributed by atoms with Crippen LogP contribution in [0.1, 0.15) is 43.2 Å². The van der Waals surface area contributed by atoms with Crippen LogP contribution in [0, 0.1) is 5.92 Å². The van der Waals surface area contributed by atoms with Crippen molar-refractivity contribution in [3.63, 3.8) is 0 Å². The van der Waals surface area contributed by atoms with Crippen molar-refractivity contribution in [2.45, 2.75) is 37.6 Å². The van der Waals surface area contributed by atoms with Gasteiger partial charge in [-0.15, -0.1) is 0 Å². The fourth-order valence-corrected chi connectivity index (χ4v) is 2.34. The first kappa shape index (κ1) is 8.48. The molecule has 1 aromatic heterocycles. The van der Waals surface area contributed by atoms with E-state index in [1.54, 1.807) is 0 Å². The zero-order valence-electron chi connectivity index (χ0n) is 8.39. The van der Waals surface area contributed by atoms with Gasteiger partial charge in [-0.05, 0) is 49.6 Å². The van der Waals surface area contributed by atoms with Crippen molar-refractivity contribution in [2.75, 3.05) is 6.54 Å². The second kappa shape index (κ2) is 3.09. The molecule has 0 aliphatic heterocycles. The van der Waals surface area contributed by atoms with Crippen LogP contribution in [0.25, 0.3) is 0 Å². The van der Waals surface area contributed by atoms with Gasteiger partial charge in [0, 0.05) is 6.20 Å². The third-order valence-corrected chi connectivity index (χ3v) is 3.69. The molecule has 0 amide bonds. The predicted molar refractivity (Wildman–Crippen MR) is 55.0 cm³/mol. The topological polar surface area (TPSA) is 43.8 Å². The Morgan fingerprint density at radius 3 is 2.79 bits per heavy atom. The van der Waals surface area contributed by atoms with Crippen LogP contribution in [0.2, 0.25) is 0 Å². The van der Waals surface area contributed by atoms with E-state index >= 15 is 0 Å². The van der Waals surface area contributed by atoms with Gasteiger partial charge in [0.2, 0.25) is 0 Å². The first-order valence-corrected chi connectivity index (χ1v) is 5.62. The van der Waals surface area contributed by atoms with Crippen LogP contribution in [0.3, 0.4) is 0 Å². The average molecular weight is 191 g/mol. The first-order chi connectivity index (χ1) is 6.88. The van der Waals surface area contributed by atoms with E-state index in [4.69, 9.17) is 5.73 Å². The average Bonchev–Trinajstić information content (AvgIpc) is 2.87. The molecule has 2 unspecified atom stereocenters. The molecule has 2 saturated carbocycles. The molecule has 14 heavy (non-hydrogen) atoms. The number of nitrogens with two attached hydrogens (primary N) is 1. The van der Waals surface area contributed by atoms with Gasteiger partial charge in [0.05, 0.1) is 12.2 Å². The summed E-state index contributed by atoms with van der Waals surface area (Å²) in [7, 11) is 0. The quantitative estimate of drug-likeness (QED) is 0.789. The SMILES string of the molecule is NCC1CCC1n1cc(C2CC2)cn1. The summed E-state index contributed by atoms with van der Waals surface area (Å²) in [5, 5.41) is 4.46. The Morgan fingerprint density at radius 1 is 1.36 bits per heavy atom. The molecule has 2 N–H and O–H groups in total. The molecule has 76 valence electrons. The van der Waals surface area contributed by atoms with Crippen molar-refractivity contribution in [2.24, 2.45) is 11.7 Å². The van der Waals surface area contributed by atoms with E-state index in [0.29, 0.717) is 12.0 Å². The summed E-state index contributed by atoms with van der Waals surface area (Å²) in [6, 6.07) is 0.590. The van der Waals surface area contributed by atoms with Gasteiger partial charge in [-0.1, -0.05) is 0 Å². The number of hydrogen-bond acceptors (Lipinski definition) is 2. The molecule has 2 atom stereocenters. The highest BCUT2D eigenvalue weighted by Gasteiger charge is 2.33. The second-order valence-corrected chi connectivity index (χ2v) is 4.67. The summed E-state index contributed by atoms with van der Waals surface area (Å²) >= 11 is 0. The third-order valence-electron chi connectivity index (χ3n) is 3.69. The van der Waals surface area contributed by atoms with Crippen molar-refractivity contribution >= 4 is 0 Å². The lowest BCUT2D eigenvalue weighted by molar-refractivity contribution is 0.174. The molecule has 3 nitrogen and oxygen atoms in total. The molecular formula is C11H17N3. The molecule has 0 radical (unpaired) electrons. The summed E-state index contributed by atoms with van der Waals surface area (Å²) in [5.41, 5.74) is 7.14. The van der Waals surface area contributed by atoms with Crippen LogP contribution >= 0.6 is 0 Å². The number of rotatable bonds is 3. The first-order valence-electron chi connectivity index (χ1n) is 5.62. The molecule has 0 aromatic carbocycles. The largest absolute Gasteiger partial charge is 0.330 e. The van der Waals surface area contributed by atoms with Crippen molar-refractivity contribution < 1.29 is 0 Å². The van der Waals surface area contributed by atoms with Crippen molar-refractivity contribution in [3.8, 4) is 0 Å². The molecule has 1 aromatic rings. The molecule has 3 rings (SSSR count). The normalized spacial score (nSPS) is 31.5. The Kier molecular flexibility index (Phi) is 1.87. The van der Waals surface area contributed by atoms with Crippen LogP contribution in [0.4, 0.5) is 0 Å². The van der Waals surface area contributed by atoms with Gasteiger partial charge in [0.15, 0.2) is 0 Å². The van der Waals surface area contributed by atoms with Crippen molar-refractivity contribution in [1.82, 2.24) is 9.78 Å². The van der Waals surface area contributed by atoms with E-state index in [2.05, 4.69) is 16.0 Å². The minimum Gasteiger partial charge on any atom is -0.330 e. The van der Waals surface area contributed by atoms with Gasteiger partial charge in [0.1, 0.15) is 0 Å². The highest BCUT2D eigenvalue weighted by molar-refractivity contribution is 5.17. The van der Waals surface area contributed by atoms with E-state index in [-0.39, 0.29) is 0 Å². The summed E-state index contributed by atoms with van der Waals surface area (Å²) in [6.45, 7) is 0.809. The van der Waals surface area contributed by atoms with Crippen molar-refractivity contribution in [3.05, 3.63) is 18.0 Å². The van der Waals surface area contributed by atoms with Gasteiger partial charge >= 0.3 is 0 Å². The Labute approximate surface area is 84.3 Å². The zero-order valence-corrected chi connectivity index (χ0v) is 8.39. The maximum atomic E-state index is 5.70. The minimum absolute atomic E-state index is 0.590. The summed E-state index contributed by atoms with van der Waals surface area (Å²) < 4.78 is 2.15. The molecular weight excluding hydrogens is 174 g/mol. The fraction of sp³-hybridized carbons (Fsp3) is 0.727. The maximum Gasteiger partial charge on any atom is 0.0559 e. The van der Waals surface area contributed by atoms with Crippen LogP contribution in [0.5, 0.6) is 0 Å². The monoisotopic (exact) mass is 191 g/mol. The van der Waals surface area contributed by atoms with Crippen molar-refractivity contribution in [1.29, 1.82) is 0 Å². The molecule has 2 fully saturated rings. The van der Waals surface area contributed by atoms with Gasteiger partial charge in [0.25, 0.3) is 0 Å². The lowest BCUT2D eigenvalue weighted by Crippen LogP contribution is -2.34.